The summed E-state index contributed by atoms with van der Waals surface area (Å²) in [6.45, 7) is 4.26. The molecular formula is C48H94NO8P. The first-order valence-electron chi connectivity index (χ1n) is 24.4. The summed E-state index contributed by atoms with van der Waals surface area (Å²) in [5, 5.41) is 0. The van der Waals surface area contributed by atoms with Gasteiger partial charge in [0.25, 0.3) is 7.82 Å². The fourth-order valence-corrected chi connectivity index (χ4v) is 7.67. The monoisotopic (exact) mass is 844 g/mol. The first-order valence-corrected chi connectivity index (χ1v) is 25.9. The molecule has 0 aliphatic carbocycles. The Morgan fingerprint density at radius 1 is 0.517 bits per heavy atom. The number of quaternary nitrogens is 1. The van der Waals surface area contributed by atoms with Crippen molar-refractivity contribution in [1.29, 1.82) is 0 Å². The maximum absolute atomic E-state index is 12.7. The molecule has 58 heavy (non-hydrogen) atoms. The predicted molar refractivity (Wildman–Crippen MR) is 241 cm³/mol. The lowest BCUT2D eigenvalue weighted by atomic mass is 10.0. The van der Waals surface area contributed by atoms with E-state index in [0.29, 0.717) is 17.4 Å². The summed E-state index contributed by atoms with van der Waals surface area (Å²) in [5.74, 6) is -0.823. The van der Waals surface area contributed by atoms with Crippen molar-refractivity contribution in [3.63, 3.8) is 0 Å². The highest BCUT2D eigenvalue weighted by Gasteiger charge is 2.21. The van der Waals surface area contributed by atoms with Crippen molar-refractivity contribution in [2.45, 2.75) is 238 Å². The summed E-state index contributed by atoms with van der Waals surface area (Å²) in [7, 11) is 1.18. The zero-order chi connectivity index (χ0) is 42.8. The molecule has 0 aliphatic rings. The lowest BCUT2D eigenvalue weighted by Gasteiger charge is -2.28. The second-order valence-corrected chi connectivity index (χ2v) is 19.2. The summed E-state index contributed by atoms with van der Waals surface area (Å²) in [6.07, 6.45) is 43.8. The topological polar surface area (TPSA) is 111 Å². The van der Waals surface area contributed by atoms with Crippen LogP contribution in [0.1, 0.15) is 232 Å². The summed E-state index contributed by atoms with van der Waals surface area (Å²) in [4.78, 5) is 37.6. The third-order valence-corrected chi connectivity index (χ3v) is 11.7. The number of esters is 2. The Kier molecular flexibility index (Phi) is 40.2. The van der Waals surface area contributed by atoms with E-state index in [1.54, 1.807) is 0 Å². The molecule has 0 bridgehead atoms. The van der Waals surface area contributed by atoms with Crippen LogP contribution in [0.4, 0.5) is 0 Å². The minimum Gasteiger partial charge on any atom is -0.756 e. The Labute approximate surface area is 358 Å². The van der Waals surface area contributed by atoms with Crippen molar-refractivity contribution in [3.05, 3.63) is 12.2 Å². The van der Waals surface area contributed by atoms with Gasteiger partial charge in [0.15, 0.2) is 6.10 Å². The number of ether oxygens (including phenoxy) is 2. The third kappa shape index (κ3) is 44.3. The highest BCUT2D eigenvalue weighted by atomic mass is 31.2. The lowest BCUT2D eigenvalue weighted by molar-refractivity contribution is -0.870. The first kappa shape index (κ1) is 56.8. The van der Waals surface area contributed by atoms with Gasteiger partial charge in [-0.1, -0.05) is 193 Å². The molecule has 0 saturated carbocycles. The minimum absolute atomic E-state index is 0.0275. The molecule has 9 nitrogen and oxygen atoms in total. The molecular weight excluding hydrogens is 750 g/mol. The van der Waals surface area contributed by atoms with E-state index in [1.807, 2.05) is 21.1 Å². The Balaban J connectivity index is 4.23. The van der Waals surface area contributed by atoms with E-state index in [1.165, 1.54) is 161 Å². The van der Waals surface area contributed by atoms with Crippen LogP contribution in [0.15, 0.2) is 12.2 Å². The van der Waals surface area contributed by atoms with E-state index in [-0.39, 0.29) is 32.0 Å². The summed E-state index contributed by atoms with van der Waals surface area (Å²) in [6, 6.07) is 0. The highest BCUT2D eigenvalue weighted by Crippen LogP contribution is 2.38. The molecule has 0 aliphatic heterocycles. The van der Waals surface area contributed by atoms with Crippen molar-refractivity contribution < 1.29 is 42.1 Å². The maximum Gasteiger partial charge on any atom is 0.306 e. The number of carbonyl (C=O) groups excluding carboxylic acids is 2. The number of phosphoric acid groups is 1. The Hall–Kier alpha value is -1.25. The van der Waals surface area contributed by atoms with E-state index < -0.39 is 26.5 Å². The van der Waals surface area contributed by atoms with Crippen LogP contribution in [0.5, 0.6) is 0 Å². The smallest absolute Gasteiger partial charge is 0.306 e. The van der Waals surface area contributed by atoms with Gasteiger partial charge in [0.2, 0.25) is 0 Å². The zero-order valence-corrected chi connectivity index (χ0v) is 39.7. The number of phosphoric ester groups is 1. The van der Waals surface area contributed by atoms with Crippen molar-refractivity contribution in [1.82, 2.24) is 0 Å². The fraction of sp³-hybridized carbons (Fsp3) is 0.917. The molecule has 344 valence electrons. The number of hydrogen-bond acceptors (Lipinski definition) is 8. The molecule has 0 aromatic heterocycles. The summed E-state index contributed by atoms with van der Waals surface area (Å²) >= 11 is 0. The second kappa shape index (κ2) is 41.1. The van der Waals surface area contributed by atoms with Gasteiger partial charge in [-0.2, -0.15) is 0 Å². The highest BCUT2D eigenvalue weighted by molar-refractivity contribution is 7.45. The molecule has 0 amide bonds. The number of hydrogen-bond donors (Lipinski definition) is 0. The van der Waals surface area contributed by atoms with E-state index >= 15 is 0 Å². The SMILES string of the molecule is CCCCCCCC/C=C/CCCCCCCCCCCCCC(=O)OC(COC(=O)CCCCCCCCCCCCCCC)COP(=O)([O-])OCC[N+](C)(C)C. The Bertz CT molecular complexity index is 1000. The number of unbranched alkanes of at least 4 members (excludes halogenated alkanes) is 29. The van der Waals surface area contributed by atoms with Crippen LogP contribution in [-0.2, 0) is 32.7 Å². The van der Waals surface area contributed by atoms with E-state index in [9.17, 15) is 19.0 Å². The molecule has 0 aromatic rings. The molecule has 0 saturated heterocycles. The molecule has 0 aromatic carbocycles. The first-order chi connectivity index (χ1) is 28.0. The minimum atomic E-state index is -4.62. The van der Waals surface area contributed by atoms with Gasteiger partial charge in [0, 0.05) is 12.8 Å². The summed E-state index contributed by atoms with van der Waals surface area (Å²) in [5.41, 5.74) is 0. The van der Waals surface area contributed by atoms with Gasteiger partial charge in [-0.15, -0.1) is 0 Å². The fourth-order valence-electron chi connectivity index (χ4n) is 6.95. The van der Waals surface area contributed by atoms with Crippen LogP contribution in [0.25, 0.3) is 0 Å². The van der Waals surface area contributed by atoms with Gasteiger partial charge in [0.05, 0.1) is 27.7 Å². The average Bonchev–Trinajstić information content (AvgIpc) is 3.17. The van der Waals surface area contributed by atoms with Crippen LogP contribution in [0.3, 0.4) is 0 Å². The normalized spacial score (nSPS) is 13.6. The van der Waals surface area contributed by atoms with Crippen LogP contribution < -0.4 is 4.89 Å². The number of likely N-dealkylation sites (N-methyl/N-ethyl adjacent to an activating group) is 1. The lowest BCUT2D eigenvalue weighted by Crippen LogP contribution is -2.37. The molecule has 0 spiro atoms. The molecule has 0 heterocycles. The molecule has 0 N–H and O–H groups in total. The van der Waals surface area contributed by atoms with Crippen molar-refractivity contribution in [2.75, 3.05) is 47.5 Å². The number of rotatable bonds is 45. The Morgan fingerprint density at radius 3 is 1.28 bits per heavy atom. The molecule has 10 heteroatoms. The van der Waals surface area contributed by atoms with Crippen LogP contribution >= 0.6 is 7.82 Å². The van der Waals surface area contributed by atoms with Crippen molar-refractivity contribution >= 4 is 19.8 Å². The zero-order valence-electron chi connectivity index (χ0n) is 38.8. The largest absolute Gasteiger partial charge is 0.756 e. The quantitative estimate of drug-likeness (QED) is 0.0196. The van der Waals surface area contributed by atoms with E-state index in [4.69, 9.17) is 18.5 Å². The van der Waals surface area contributed by atoms with E-state index in [2.05, 4.69) is 26.0 Å². The number of carbonyl (C=O) groups is 2. The standard InChI is InChI=1S/C48H94NO8P/c1-6-8-10-12-14-16-18-20-21-22-23-24-25-26-27-29-31-33-35-37-39-41-48(51)57-46(45-56-58(52,53)55-43-42-49(3,4)5)44-54-47(50)40-38-36-34-32-30-28-19-17-15-13-11-9-7-2/h20-21,46H,6-19,22-45H2,1-5H3/b21-20+. The van der Waals surface area contributed by atoms with Gasteiger partial charge in [-0.25, -0.2) is 0 Å². The molecule has 0 rings (SSSR count). The van der Waals surface area contributed by atoms with Gasteiger partial charge >= 0.3 is 11.9 Å². The number of nitrogens with zero attached hydrogens (tertiary/aromatic N) is 1. The van der Waals surface area contributed by atoms with Gasteiger partial charge in [-0.3, -0.25) is 14.2 Å². The second-order valence-electron chi connectivity index (χ2n) is 17.8. The van der Waals surface area contributed by atoms with E-state index in [0.717, 1.165) is 38.5 Å². The molecule has 2 unspecified atom stereocenters. The Morgan fingerprint density at radius 2 is 0.879 bits per heavy atom. The van der Waals surface area contributed by atoms with Crippen LogP contribution in [0, 0.1) is 0 Å². The van der Waals surface area contributed by atoms with Crippen molar-refractivity contribution in [3.8, 4) is 0 Å². The van der Waals surface area contributed by atoms with Crippen LogP contribution in [-0.4, -0.2) is 70.0 Å². The predicted octanol–water partition coefficient (Wildman–Crippen LogP) is 13.5. The van der Waals surface area contributed by atoms with Crippen LogP contribution in [0.2, 0.25) is 0 Å². The third-order valence-electron chi connectivity index (χ3n) is 10.8. The maximum atomic E-state index is 12.7. The van der Waals surface area contributed by atoms with Crippen molar-refractivity contribution in [2.24, 2.45) is 0 Å². The van der Waals surface area contributed by atoms with Gasteiger partial charge in [0.1, 0.15) is 19.8 Å². The summed E-state index contributed by atoms with van der Waals surface area (Å²) < 4.78 is 34.0. The van der Waals surface area contributed by atoms with Gasteiger partial charge in [-0.05, 0) is 38.5 Å². The molecule has 0 radical (unpaired) electrons. The number of allylic oxidation sites excluding steroid dienone is 2. The molecule has 0 fully saturated rings. The molecule has 2 atom stereocenters. The average molecular weight is 844 g/mol. The van der Waals surface area contributed by atoms with Gasteiger partial charge < -0.3 is 27.9 Å².